The number of imide groups is 1. The molecule has 0 aromatic heterocycles. The number of amides is 17. The second-order valence-corrected chi connectivity index (χ2v) is 46.0. The molecule has 24 N–H and O–H groups in total. The summed E-state index contributed by atoms with van der Waals surface area (Å²) in [6, 6.07) is 3.56. The molecule has 1 saturated heterocycles. The van der Waals surface area contributed by atoms with Crippen LogP contribution in [0.15, 0.2) is 58.0 Å². The fourth-order valence-corrected chi connectivity index (χ4v) is 12.2. The molecule has 3 rings (SSSR count). The molecule has 53 nitrogen and oxygen atoms in total. The summed E-state index contributed by atoms with van der Waals surface area (Å²) in [5, 5.41) is 63.2. The number of urea groups is 4. The molecule has 2 aromatic carbocycles. The van der Waals surface area contributed by atoms with Crippen LogP contribution in [0.2, 0.25) is 0 Å². The number of nitroso groups, excluding NO2 is 1. The van der Waals surface area contributed by atoms with Gasteiger partial charge < -0.3 is 152 Å². The Labute approximate surface area is 910 Å². The maximum atomic E-state index is 13.2. The predicted octanol–water partition coefficient (Wildman–Crippen LogP) is 1.05. The number of aliphatic hydroxyl groups excluding tert-OH is 1. The summed E-state index contributed by atoms with van der Waals surface area (Å²) in [7, 11) is 1.68. The smallest absolute Gasteiger partial charge is 1.00 e. The van der Waals surface area contributed by atoms with Crippen molar-refractivity contribution in [2.45, 2.75) is 299 Å². The van der Waals surface area contributed by atoms with Gasteiger partial charge in [-0.05, 0) is 206 Å². The van der Waals surface area contributed by atoms with Crippen molar-refractivity contribution in [1.29, 1.82) is 0 Å². The number of carbonyl (C=O) groups is 20. The second-order valence-electron chi connectivity index (χ2n) is 36.8. The van der Waals surface area contributed by atoms with Crippen molar-refractivity contribution in [1.82, 2.24) is 63.5 Å². The van der Waals surface area contributed by atoms with Crippen LogP contribution >= 0.6 is 43.8 Å². The van der Waals surface area contributed by atoms with Gasteiger partial charge in [0.1, 0.15) is 73.7 Å². The number of hydrogen-bond donors (Lipinski definition) is 19. The van der Waals surface area contributed by atoms with E-state index in [0.717, 1.165) is 11.1 Å². The molecule has 2 aromatic rings. The third-order valence-electron chi connectivity index (χ3n) is 17.6. The molecule has 0 spiro atoms. The van der Waals surface area contributed by atoms with E-state index in [1.165, 1.54) is 6.66 Å². The Balaban J connectivity index is -0.000000336. The van der Waals surface area contributed by atoms with Crippen molar-refractivity contribution in [2.24, 2.45) is 61.8 Å². The summed E-state index contributed by atoms with van der Waals surface area (Å²) in [5.41, 5.74) is 25.0. The normalized spacial score (nSPS) is 13.4. The number of nitrogens with zero attached hydrogens (tertiary/aromatic N) is 3. The van der Waals surface area contributed by atoms with Gasteiger partial charge in [0.05, 0.1) is 18.7 Å². The Bertz CT molecular complexity index is 4560. The van der Waals surface area contributed by atoms with E-state index in [9.17, 15) is 111 Å². The van der Waals surface area contributed by atoms with Gasteiger partial charge in [-0.3, -0.25) is 43.2 Å². The van der Waals surface area contributed by atoms with Crippen LogP contribution in [0.25, 0.3) is 0 Å². The van der Waals surface area contributed by atoms with Crippen LogP contribution in [-0.2, 0) is 121 Å². The number of hydrogen-bond acceptors (Lipinski definition) is 35. The molecule has 1 aliphatic heterocycles. The SMILES string of the molecule is CC(C)[C@H](NC(=O)OC(C)(C)C)C(=O)NC(CCCNC(N)=O)C(=O)Cc1ccc(CO)cc1.CC(C)[C@H](NC(=O)OC(C)(C)C)C(=O)NC(CCCNC(N)=O)C(=O)Cc1ccc(COC(=O)OP=NP)cc1.CC(C)[C@H](NC(=O)OC(C)(C)C)C(=O)NC(CCCNC(N)=O)C(=O)O.CC(C)[C@H](NC(=O)OC(C)(C)C)C(=O)ON1C(=O)CCC1=O.CP(=O)(Cl)PN=O.NC(=O)NCCCC(N)C(=O)O.O=CO[O-].[H-].[Na+].[Na+]. The van der Waals surface area contributed by atoms with Gasteiger partial charge in [0.2, 0.25) is 23.9 Å². The number of nitrogens with one attached hydrogen (secondary N) is 11. The third kappa shape index (κ3) is 79.4. The van der Waals surface area contributed by atoms with Crippen molar-refractivity contribution in [3.05, 3.63) is 75.7 Å². The molecule has 0 aliphatic carbocycles. The minimum atomic E-state index is -2.64. The molecule has 1 fully saturated rings. The van der Waals surface area contributed by atoms with E-state index in [1.807, 2.05) is 0 Å². The first-order valence-electron chi connectivity index (χ1n) is 45.1. The van der Waals surface area contributed by atoms with Crippen molar-refractivity contribution in [2.75, 3.05) is 32.8 Å². The second kappa shape index (κ2) is 77.9. The van der Waals surface area contributed by atoms with Gasteiger partial charge in [0, 0.05) is 58.5 Å². The van der Waals surface area contributed by atoms with Crippen LogP contribution in [-0.4, -0.2) is 244 Å². The molecule has 1 aliphatic rings. The fourth-order valence-electron chi connectivity index (χ4n) is 11.0. The topological polar surface area (TPSA) is 824 Å². The molecular formula is C87H148ClN19Na2O34P4. The average molecular weight is 2210 g/mol. The third-order valence-corrected chi connectivity index (χ3v) is 20.7. The Hall–Kier alpha value is -10.4. The van der Waals surface area contributed by atoms with E-state index >= 15 is 0 Å². The summed E-state index contributed by atoms with van der Waals surface area (Å²) in [5.74, 6) is -7.56. The zero-order valence-electron chi connectivity index (χ0n) is 88.4. The summed E-state index contributed by atoms with van der Waals surface area (Å²) in [4.78, 5) is 251. The van der Waals surface area contributed by atoms with Crippen molar-refractivity contribution in [3.63, 3.8) is 0 Å². The molecule has 1 heterocycles. The zero-order chi connectivity index (χ0) is 113. The van der Waals surface area contributed by atoms with Gasteiger partial charge in [0.25, 0.3) is 26.9 Å². The van der Waals surface area contributed by atoms with Gasteiger partial charge in [-0.2, -0.15) is 0 Å². The molecule has 7 unspecified atom stereocenters. The van der Waals surface area contributed by atoms with Crippen molar-refractivity contribution in [3.8, 4) is 0 Å². The molecule has 824 valence electrons. The van der Waals surface area contributed by atoms with E-state index in [4.69, 9.17) is 83.6 Å². The number of nitrogens with two attached hydrogens (primary N) is 5. The van der Waals surface area contributed by atoms with Crippen LogP contribution < -0.4 is 152 Å². The number of aliphatic carboxylic acids is 2. The summed E-state index contributed by atoms with van der Waals surface area (Å²) < 4.78 is 44.2. The Kier molecular flexibility index (Phi) is 78.0. The number of halogens is 1. The number of carbonyl (C=O) groups excluding carboxylic acids is 18. The monoisotopic (exact) mass is 2210 g/mol. The molecule has 17 amide bonds. The molecule has 0 saturated carbocycles. The summed E-state index contributed by atoms with van der Waals surface area (Å²) in [6.07, 6.45) is -3.86. The maximum Gasteiger partial charge on any atom is 1.00 e. The van der Waals surface area contributed by atoms with Gasteiger partial charge in [-0.1, -0.05) is 104 Å². The summed E-state index contributed by atoms with van der Waals surface area (Å²) in [6.45, 7) is 36.4. The fraction of sp³-hybridized carbons (Fsp3) is 0.632. The average Bonchev–Trinajstić information content (AvgIpc) is 1.64. The Morgan fingerprint density at radius 2 is 0.796 bits per heavy atom. The van der Waals surface area contributed by atoms with Crippen LogP contribution in [0.1, 0.15) is 226 Å². The minimum absolute atomic E-state index is 0. The molecular weight excluding hydrogens is 2060 g/mol. The van der Waals surface area contributed by atoms with E-state index in [-0.39, 0.29) is 189 Å². The van der Waals surface area contributed by atoms with Crippen LogP contribution in [0.5, 0.6) is 0 Å². The number of ether oxygens (including phenoxy) is 5. The zero-order valence-corrected chi connectivity index (χ0v) is 96.1. The summed E-state index contributed by atoms with van der Waals surface area (Å²) >= 11 is 5.11. The standard InChI is InChI=1S/C25H39N5O8P2.C24H38N4O6.C16H30N4O6.C14H22N2O6.C6H13N3O3.CH4ClNO2P2.CH2O3.2Na.H/c1-15(2)20(29-23(34)37-25(3,4)5)21(32)28-18(7-6-12-27-22(26)33)19(31)13-16-8-10-17(11-9-16)14-36-24(35)38-40-30-39;1-15(2)20(28-23(33)34-24(3,4)5)21(31)27-18(7-6-12-26-22(25)32)19(30)13-16-8-10-17(14-29)11-9-16;1-9(2)11(20-15(25)26-16(3,4)5)12(21)19-10(13(22)23)7-6-8-18-14(17)24;1-8(2)11(15-13(20)21-14(3,4)5)12(19)22-16-9(17)6-7-10(16)18;7-4(5(10)11)2-1-3-9-6(8)12;1-7(2,5)6-3-4;2-1-4-3;;;/h8-11,15,18,20H,6-7,12-14,39H2,1-5H3,(H,28,32)(H,29,34)(H3,26,27,33);8-11,15,18,20,29H,6-7,12-14H2,1-5H3,(H,27,31)(H,28,33)(H3,25,26,32);9-11H,6-8H2,1-5H3,(H,19,21)(H,20,25)(H,22,23)(H3,17,18,24);8,11H,6-7H2,1-5H3,(H,15,20);4H,1-3,7H2,(H,10,11)(H3,8,9,12);6H,1H3;1,3H;;;/q;;;;;;;2*+1;-1/p-1/t2*18?,20-;10?,11-;11-;;;;;;/m0000....../s1. The Morgan fingerprint density at radius 3 is 1.05 bits per heavy atom. The van der Waals surface area contributed by atoms with E-state index in [1.54, 1.807) is 187 Å². The van der Waals surface area contributed by atoms with E-state index in [2.05, 4.69) is 86.7 Å². The van der Waals surface area contributed by atoms with Crippen LogP contribution in [0, 0.1) is 28.6 Å². The van der Waals surface area contributed by atoms with Crippen LogP contribution in [0.4, 0.5) is 43.2 Å². The van der Waals surface area contributed by atoms with Gasteiger partial charge in [-0.25, -0.2) is 57.3 Å². The van der Waals surface area contributed by atoms with Crippen molar-refractivity contribution >= 4 is 164 Å². The number of carboxylic acids is 2. The first-order valence-corrected chi connectivity index (χ1v) is 51.2. The first kappa shape index (κ1) is 147. The van der Waals surface area contributed by atoms with Gasteiger partial charge >= 0.3 is 132 Å². The number of benzene rings is 2. The molecule has 11 atom stereocenters. The number of primary amides is 4. The first-order chi connectivity index (χ1) is 66.9. The van der Waals surface area contributed by atoms with Crippen molar-refractivity contribution < 1.29 is 220 Å². The number of ketones is 2. The van der Waals surface area contributed by atoms with Crippen LogP contribution in [0.3, 0.4) is 0 Å². The molecule has 60 heteroatoms. The van der Waals surface area contributed by atoms with E-state index < -0.39 is 187 Å². The number of alkyl carbamates (subject to hydrolysis) is 4. The van der Waals surface area contributed by atoms with Gasteiger partial charge in [-0.15, -0.1) is 9.97 Å². The number of carboxylic acid groups (broad SMARTS) is 2. The number of Topliss-reactive ketones (excluding diaryl/α,β-unsaturated/α-hetero) is 2. The number of hydroxylamine groups is 2. The molecule has 147 heavy (non-hydrogen) atoms. The largest absolute Gasteiger partial charge is 1.00 e. The quantitative estimate of drug-likeness (QED) is 0.00421. The maximum absolute atomic E-state index is 13.2. The number of aliphatic hydroxyl groups is 1. The van der Waals surface area contributed by atoms with E-state index in [0.29, 0.717) is 54.8 Å². The molecule has 0 radical (unpaired) electrons. The Morgan fingerprint density at radius 1 is 0.510 bits per heavy atom. The van der Waals surface area contributed by atoms with Gasteiger partial charge in [0.15, 0.2) is 11.6 Å². The predicted molar refractivity (Wildman–Crippen MR) is 534 cm³/mol. The minimum Gasteiger partial charge on any atom is -1.00 e. The molecule has 0 bridgehead atoms. The number of rotatable bonds is 47.